The van der Waals surface area contributed by atoms with Crippen molar-refractivity contribution in [3.63, 3.8) is 0 Å². The van der Waals surface area contributed by atoms with Gasteiger partial charge in [-0.25, -0.2) is 0 Å². The molecule has 0 radical (unpaired) electrons. The summed E-state index contributed by atoms with van der Waals surface area (Å²) in [6, 6.07) is 9.38. The predicted octanol–water partition coefficient (Wildman–Crippen LogP) is 2.64. The lowest BCUT2D eigenvalue weighted by Gasteiger charge is -2.29. The Hall–Kier alpha value is -2.08. The molecule has 1 fully saturated rings. The third kappa shape index (κ3) is 2.85. The van der Waals surface area contributed by atoms with E-state index in [-0.39, 0.29) is 12.2 Å². The highest BCUT2D eigenvalue weighted by molar-refractivity contribution is 6.03. The Labute approximate surface area is 112 Å². The molecule has 3 nitrogen and oxygen atoms in total. The van der Waals surface area contributed by atoms with Crippen LogP contribution in [-0.2, 0) is 9.59 Å². The molecule has 3 heteroatoms. The number of rotatable bonds is 2. The van der Waals surface area contributed by atoms with E-state index in [9.17, 15) is 14.7 Å². The van der Waals surface area contributed by atoms with Gasteiger partial charge in [-0.2, -0.15) is 0 Å². The SMILES string of the molecule is O=C(O)C1(CC#Cc2ccccc2)CCCCC1=O. The maximum Gasteiger partial charge on any atom is 0.318 e. The lowest BCUT2D eigenvalue weighted by molar-refractivity contribution is -0.156. The fourth-order valence-electron chi connectivity index (χ4n) is 2.40. The van der Waals surface area contributed by atoms with Crippen molar-refractivity contribution in [2.75, 3.05) is 0 Å². The number of benzene rings is 1. The van der Waals surface area contributed by atoms with Crippen LogP contribution < -0.4 is 0 Å². The average molecular weight is 256 g/mol. The highest BCUT2D eigenvalue weighted by atomic mass is 16.4. The van der Waals surface area contributed by atoms with E-state index in [0.717, 1.165) is 18.4 Å². The molecule has 19 heavy (non-hydrogen) atoms. The van der Waals surface area contributed by atoms with E-state index in [4.69, 9.17) is 0 Å². The molecule has 1 aromatic rings. The molecule has 1 N–H and O–H groups in total. The summed E-state index contributed by atoms with van der Waals surface area (Å²) in [7, 11) is 0. The second kappa shape index (κ2) is 5.71. The van der Waals surface area contributed by atoms with Gasteiger partial charge < -0.3 is 5.11 Å². The highest BCUT2D eigenvalue weighted by Gasteiger charge is 2.46. The molecule has 1 aliphatic rings. The van der Waals surface area contributed by atoms with E-state index in [2.05, 4.69) is 11.8 Å². The van der Waals surface area contributed by atoms with Crippen molar-refractivity contribution in [1.29, 1.82) is 0 Å². The number of carboxylic acid groups (broad SMARTS) is 1. The van der Waals surface area contributed by atoms with E-state index in [0.29, 0.717) is 12.8 Å². The zero-order valence-corrected chi connectivity index (χ0v) is 10.7. The molecule has 0 amide bonds. The number of carboxylic acids is 1. The second-order valence-electron chi connectivity index (χ2n) is 4.86. The van der Waals surface area contributed by atoms with Crippen LogP contribution in [0.15, 0.2) is 30.3 Å². The molecular weight excluding hydrogens is 240 g/mol. The zero-order valence-electron chi connectivity index (χ0n) is 10.7. The van der Waals surface area contributed by atoms with Crippen molar-refractivity contribution in [2.45, 2.75) is 32.1 Å². The van der Waals surface area contributed by atoms with Crippen LogP contribution in [0, 0.1) is 17.3 Å². The van der Waals surface area contributed by atoms with Crippen LogP contribution in [0.2, 0.25) is 0 Å². The highest BCUT2D eigenvalue weighted by Crippen LogP contribution is 2.36. The van der Waals surface area contributed by atoms with Gasteiger partial charge >= 0.3 is 5.97 Å². The van der Waals surface area contributed by atoms with Crippen molar-refractivity contribution in [3.05, 3.63) is 35.9 Å². The molecule has 0 bridgehead atoms. The van der Waals surface area contributed by atoms with Gasteiger partial charge in [-0.05, 0) is 25.0 Å². The number of carbonyl (C=O) groups excluding carboxylic acids is 1. The summed E-state index contributed by atoms with van der Waals surface area (Å²) in [6.07, 6.45) is 2.45. The van der Waals surface area contributed by atoms with Crippen molar-refractivity contribution >= 4 is 11.8 Å². The maximum atomic E-state index is 12.0. The fraction of sp³-hybridized carbons (Fsp3) is 0.375. The molecule has 1 saturated carbocycles. The van der Waals surface area contributed by atoms with Gasteiger partial charge in [-0.3, -0.25) is 9.59 Å². The van der Waals surface area contributed by atoms with Crippen LogP contribution in [0.4, 0.5) is 0 Å². The first-order chi connectivity index (χ1) is 9.15. The molecule has 0 heterocycles. The summed E-state index contributed by atoms with van der Waals surface area (Å²) in [4.78, 5) is 23.4. The third-order valence-electron chi connectivity index (χ3n) is 3.60. The van der Waals surface area contributed by atoms with Gasteiger partial charge in [-0.1, -0.05) is 36.5 Å². The van der Waals surface area contributed by atoms with Crippen molar-refractivity contribution in [3.8, 4) is 11.8 Å². The minimum absolute atomic E-state index is 0.107. The molecular formula is C16H16O3. The van der Waals surface area contributed by atoms with E-state index >= 15 is 0 Å². The van der Waals surface area contributed by atoms with Gasteiger partial charge in [0.05, 0.1) is 0 Å². The predicted molar refractivity (Wildman–Crippen MR) is 71.5 cm³/mol. The van der Waals surface area contributed by atoms with Crippen LogP contribution in [0.3, 0.4) is 0 Å². The lowest BCUT2D eigenvalue weighted by atomic mass is 9.71. The Morgan fingerprint density at radius 1 is 1.26 bits per heavy atom. The van der Waals surface area contributed by atoms with Crippen LogP contribution in [-0.4, -0.2) is 16.9 Å². The molecule has 1 unspecified atom stereocenters. The summed E-state index contributed by atoms with van der Waals surface area (Å²) >= 11 is 0. The van der Waals surface area contributed by atoms with Gasteiger partial charge in [0, 0.05) is 18.4 Å². The van der Waals surface area contributed by atoms with E-state index in [1.807, 2.05) is 30.3 Å². The Bertz CT molecular complexity index is 536. The zero-order chi connectivity index (χ0) is 13.7. The van der Waals surface area contributed by atoms with Crippen LogP contribution >= 0.6 is 0 Å². The average Bonchev–Trinajstić information content (AvgIpc) is 2.42. The largest absolute Gasteiger partial charge is 0.480 e. The van der Waals surface area contributed by atoms with E-state index in [1.54, 1.807) is 0 Å². The van der Waals surface area contributed by atoms with Crippen molar-refractivity contribution in [2.24, 2.45) is 5.41 Å². The van der Waals surface area contributed by atoms with Crippen LogP contribution in [0.5, 0.6) is 0 Å². The molecule has 0 spiro atoms. The molecule has 1 atom stereocenters. The summed E-state index contributed by atoms with van der Waals surface area (Å²) in [5, 5.41) is 9.37. The van der Waals surface area contributed by atoms with E-state index in [1.165, 1.54) is 0 Å². The van der Waals surface area contributed by atoms with Gasteiger partial charge in [0.15, 0.2) is 5.78 Å². The number of carbonyl (C=O) groups is 2. The van der Waals surface area contributed by atoms with Crippen molar-refractivity contribution < 1.29 is 14.7 Å². The Morgan fingerprint density at radius 3 is 2.63 bits per heavy atom. The quantitative estimate of drug-likeness (QED) is 0.653. The number of hydrogen-bond acceptors (Lipinski definition) is 2. The topological polar surface area (TPSA) is 54.4 Å². The molecule has 0 aromatic heterocycles. The number of aliphatic carboxylic acids is 1. The molecule has 0 saturated heterocycles. The molecule has 0 aliphatic heterocycles. The van der Waals surface area contributed by atoms with Gasteiger partial charge in [0.2, 0.25) is 0 Å². The Morgan fingerprint density at radius 2 is 2.00 bits per heavy atom. The van der Waals surface area contributed by atoms with Crippen LogP contribution in [0.25, 0.3) is 0 Å². The minimum atomic E-state index is -1.28. The molecule has 1 aliphatic carbocycles. The first kappa shape index (κ1) is 13.4. The smallest absolute Gasteiger partial charge is 0.318 e. The summed E-state index contributed by atoms with van der Waals surface area (Å²) in [6.45, 7) is 0. The number of hydrogen-bond donors (Lipinski definition) is 1. The third-order valence-corrected chi connectivity index (χ3v) is 3.60. The first-order valence-electron chi connectivity index (χ1n) is 6.46. The summed E-state index contributed by atoms with van der Waals surface area (Å²) in [5.74, 6) is 4.60. The number of ketones is 1. The minimum Gasteiger partial charge on any atom is -0.480 e. The van der Waals surface area contributed by atoms with E-state index < -0.39 is 11.4 Å². The summed E-state index contributed by atoms with van der Waals surface area (Å²) in [5.41, 5.74) is -0.439. The summed E-state index contributed by atoms with van der Waals surface area (Å²) < 4.78 is 0. The van der Waals surface area contributed by atoms with Gasteiger partial charge in [0.1, 0.15) is 5.41 Å². The molecule has 1 aromatic carbocycles. The Balaban J connectivity index is 2.17. The van der Waals surface area contributed by atoms with Crippen LogP contribution in [0.1, 0.15) is 37.7 Å². The maximum absolute atomic E-state index is 12.0. The second-order valence-corrected chi connectivity index (χ2v) is 4.86. The Kier molecular flexibility index (Phi) is 4.01. The van der Waals surface area contributed by atoms with Gasteiger partial charge in [-0.15, -0.1) is 0 Å². The monoisotopic (exact) mass is 256 g/mol. The van der Waals surface area contributed by atoms with Gasteiger partial charge in [0.25, 0.3) is 0 Å². The molecule has 2 rings (SSSR count). The normalized spacial score (nSPS) is 22.4. The fourth-order valence-corrected chi connectivity index (χ4v) is 2.40. The first-order valence-corrected chi connectivity index (χ1v) is 6.46. The lowest BCUT2D eigenvalue weighted by Crippen LogP contribution is -2.41. The van der Waals surface area contributed by atoms with Crippen molar-refractivity contribution in [1.82, 2.24) is 0 Å². The molecule has 98 valence electrons. The number of Topliss-reactive ketones (excluding diaryl/α,β-unsaturated/α-hetero) is 1. The standard InChI is InChI=1S/C16H16O3/c17-14-10-4-5-11-16(14,15(18)19)12-6-9-13-7-2-1-3-8-13/h1-3,7-8H,4-5,10-12H2,(H,18,19).